The summed E-state index contributed by atoms with van der Waals surface area (Å²) < 4.78 is 0. The minimum Gasteiger partial charge on any atom is -0.354 e. The van der Waals surface area contributed by atoms with E-state index >= 15 is 0 Å². The summed E-state index contributed by atoms with van der Waals surface area (Å²) in [6.07, 6.45) is 1.83. The molecule has 0 bridgehead atoms. The molecule has 2 heterocycles. The molecule has 2 aromatic carbocycles. The molecule has 0 atom stereocenters. The van der Waals surface area contributed by atoms with Gasteiger partial charge in [-0.1, -0.05) is 42.2 Å². The standard InChI is InChI=1S/C26H27N5O/c1-30-14-16-31(17-15-30)25-13-12-23(19-27-25)20-28-26(32)29-24-9-5-8-22(18-24)11-10-21-6-3-2-4-7-21/h2-9,12-13,18-19H,14-17,20H2,1H3,(H2,28,29,32). The van der Waals surface area contributed by atoms with Gasteiger partial charge in [-0.3, -0.25) is 0 Å². The molecule has 1 fully saturated rings. The van der Waals surface area contributed by atoms with Crippen LogP contribution in [0.4, 0.5) is 16.3 Å². The fraction of sp³-hybridized carbons (Fsp3) is 0.231. The van der Waals surface area contributed by atoms with Crippen LogP contribution >= 0.6 is 0 Å². The second kappa shape index (κ2) is 10.5. The molecule has 6 heteroatoms. The van der Waals surface area contributed by atoms with E-state index in [-0.39, 0.29) is 6.03 Å². The number of carbonyl (C=O) groups is 1. The lowest BCUT2D eigenvalue weighted by atomic mass is 10.1. The lowest BCUT2D eigenvalue weighted by molar-refractivity contribution is 0.251. The van der Waals surface area contributed by atoms with E-state index in [0.29, 0.717) is 12.2 Å². The third-order valence-electron chi connectivity index (χ3n) is 5.33. The maximum Gasteiger partial charge on any atom is 0.319 e. The Morgan fingerprint density at radius 1 is 0.938 bits per heavy atom. The molecule has 3 aromatic rings. The average molecular weight is 426 g/mol. The minimum atomic E-state index is -0.263. The lowest BCUT2D eigenvalue weighted by Crippen LogP contribution is -2.44. The normalized spacial score (nSPS) is 13.7. The number of pyridine rings is 1. The lowest BCUT2D eigenvalue weighted by Gasteiger charge is -2.33. The van der Waals surface area contributed by atoms with E-state index in [1.165, 1.54) is 0 Å². The number of urea groups is 1. The van der Waals surface area contributed by atoms with Crippen molar-refractivity contribution in [2.75, 3.05) is 43.4 Å². The van der Waals surface area contributed by atoms with E-state index in [0.717, 1.165) is 48.7 Å². The molecule has 0 saturated carbocycles. The predicted molar refractivity (Wildman–Crippen MR) is 129 cm³/mol. The number of aromatic nitrogens is 1. The second-order valence-electron chi connectivity index (χ2n) is 7.82. The molecule has 0 unspecified atom stereocenters. The highest BCUT2D eigenvalue weighted by Crippen LogP contribution is 2.14. The van der Waals surface area contributed by atoms with Crippen molar-refractivity contribution in [3.05, 3.63) is 89.6 Å². The maximum absolute atomic E-state index is 12.3. The van der Waals surface area contributed by atoms with Gasteiger partial charge >= 0.3 is 6.03 Å². The van der Waals surface area contributed by atoms with Gasteiger partial charge in [0.2, 0.25) is 0 Å². The highest BCUT2D eigenvalue weighted by Gasteiger charge is 2.15. The van der Waals surface area contributed by atoms with Gasteiger partial charge in [-0.25, -0.2) is 9.78 Å². The van der Waals surface area contributed by atoms with Crippen LogP contribution in [0.3, 0.4) is 0 Å². The number of rotatable bonds is 4. The Bertz CT molecular complexity index is 1090. The van der Waals surface area contributed by atoms with E-state index in [1.54, 1.807) is 0 Å². The van der Waals surface area contributed by atoms with Crippen molar-refractivity contribution in [2.45, 2.75) is 6.54 Å². The first-order valence-electron chi connectivity index (χ1n) is 10.8. The Labute approximate surface area is 189 Å². The topological polar surface area (TPSA) is 60.5 Å². The molecular formula is C26H27N5O. The van der Waals surface area contributed by atoms with Crippen LogP contribution in [0.15, 0.2) is 72.9 Å². The van der Waals surface area contributed by atoms with Crippen LogP contribution in [0.5, 0.6) is 0 Å². The van der Waals surface area contributed by atoms with Crippen molar-refractivity contribution < 1.29 is 4.79 Å². The van der Waals surface area contributed by atoms with E-state index in [9.17, 15) is 4.79 Å². The Morgan fingerprint density at radius 3 is 2.44 bits per heavy atom. The summed E-state index contributed by atoms with van der Waals surface area (Å²) in [5.74, 6) is 7.24. The summed E-state index contributed by atoms with van der Waals surface area (Å²) in [6, 6.07) is 21.1. The Balaban J connectivity index is 1.28. The number of anilines is 2. The Hall–Kier alpha value is -3.82. The molecule has 1 aliphatic rings. The van der Waals surface area contributed by atoms with Crippen molar-refractivity contribution >= 4 is 17.5 Å². The molecule has 1 saturated heterocycles. The van der Waals surface area contributed by atoms with Gasteiger partial charge in [0.1, 0.15) is 5.82 Å². The van der Waals surface area contributed by atoms with E-state index in [1.807, 2.05) is 72.9 Å². The quantitative estimate of drug-likeness (QED) is 0.628. The van der Waals surface area contributed by atoms with Crippen molar-refractivity contribution in [2.24, 2.45) is 0 Å². The van der Waals surface area contributed by atoms with Crippen LogP contribution in [0.2, 0.25) is 0 Å². The van der Waals surface area contributed by atoms with Gasteiger partial charge in [-0.2, -0.15) is 0 Å². The highest BCUT2D eigenvalue weighted by atomic mass is 16.2. The molecule has 2 N–H and O–H groups in total. The van der Waals surface area contributed by atoms with Crippen LogP contribution in [-0.2, 0) is 6.54 Å². The first-order chi connectivity index (χ1) is 15.7. The average Bonchev–Trinajstić information content (AvgIpc) is 2.83. The third-order valence-corrected chi connectivity index (χ3v) is 5.33. The second-order valence-corrected chi connectivity index (χ2v) is 7.82. The number of likely N-dealkylation sites (N-methyl/N-ethyl adjacent to an activating group) is 1. The molecule has 6 nitrogen and oxygen atoms in total. The first-order valence-corrected chi connectivity index (χ1v) is 10.8. The van der Waals surface area contributed by atoms with Gasteiger partial charge in [0.15, 0.2) is 0 Å². The molecular weight excluding hydrogens is 398 g/mol. The van der Waals surface area contributed by atoms with Crippen LogP contribution in [-0.4, -0.2) is 49.1 Å². The summed E-state index contributed by atoms with van der Waals surface area (Å²) >= 11 is 0. The molecule has 0 spiro atoms. The van der Waals surface area contributed by atoms with Gasteiger partial charge in [-0.15, -0.1) is 0 Å². The Kier molecular flexibility index (Phi) is 7.01. The van der Waals surface area contributed by atoms with Gasteiger partial charge in [0.05, 0.1) is 0 Å². The van der Waals surface area contributed by atoms with E-state index in [4.69, 9.17) is 0 Å². The zero-order chi connectivity index (χ0) is 22.2. The van der Waals surface area contributed by atoms with Gasteiger partial charge < -0.3 is 20.4 Å². The van der Waals surface area contributed by atoms with Crippen LogP contribution in [0.1, 0.15) is 16.7 Å². The highest BCUT2D eigenvalue weighted by molar-refractivity contribution is 5.89. The summed E-state index contributed by atoms with van der Waals surface area (Å²) in [6.45, 7) is 4.47. The van der Waals surface area contributed by atoms with Crippen molar-refractivity contribution in [1.29, 1.82) is 0 Å². The summed E-state index contributed by atoms with van der Waals surface area (Å²) in [5.41, 5.74) is 3.46. The summed E-state index contributed by atoms with van der Waals surface area (Å²) in [5, 5.41) is 5.75. The van der Waals surface area contributed by atoms with Crippen LogP contribution in [0, 0.1) is 11.8 Å². The van der Waals surface area contributed by atoms with Gasteiger partial charge in [0, 0.05) is 55.7 Å². The monoisotopic (exact) mass is 425 g/mol. The molecule has 0 aliphatic carbocycles. The van der Waals surface area contributed by atoms with Gasteiger partial charge in [0.25, 0.3) is 0 Å². The number of hydrogen-bond acceptors (Lipinski definition) is 4. The maximum atomic E-state index is 12.3. The third kappa shape index (κ3) is 6.10. The minimum absolute atomic E-state index is 0.263. The summed E-state index contributed by atoms with van der Waals surface area (Å²) in [4.78, 5) is 21.5. The molecule has 2 amide bonds. The molecule has 0 radical (unpaired) electrons. The zero-order valence-corrected chi connectivity index (χ0v) is 18.2. The van der Waals surface area contributed by atoms with Gasteiger partial charge in [-0.05, 0) is 49.0 Å². The van der Waals surface area contributed by atoms with E-state index < -0.39 is 0 Å². The first kappa shape index (κ1) is 21.4. The molecule has 162 valence electrons. The predicted octanol–water partition coefficient (Wildman–Crippen LogP) is 3.55. The van der Waals surface area contributed by atoms with Crippen LogP contribution < -0.4 is 15.5 Å². The number of carbonyl (C=O) groups excluding carboxylic acids is 1. The number of piperazine rings is 1. The molecule has 1 aromatic heterocycles. The molecule has 1 aliphatic heterocycles. The SMILES string of the molecule is CN1CCN(c2ccc(CNC(=O)Nc3cccc(C#Cc4ccccc4)c3)cn2)CC1. The van der Waals surface area contributed by atoms with Crippen molar-refractivity contribution in [1.82, 2.24) is 15.2 Å². The fourth-order valence-electron chi connectivity index (χ4n) is 3.44. The summed E-state index contributed by atoms with van der Waals surface area (Å²) in [7, 11) is 2.14. The van der Waals surface area contributed by atoms with Crippen molar-refractivity contribution in [3.8, 4) is 11.8 Å². The molecule has 32 heavy (non-hydrogen) atoms. The number of hydrogen-bond donors (Lipinski definition) is 2. The zero-order valence-electron chi connectivity index (χ0n) is 18.2. The number of benzene rings is 2. The number of amides is 2. The largest absolute Gasteiger partial charge is 0.354 e. The smallest absolute Gasteiger partial charge is 0.319 e. The van der Waals surface area contributed by atoms with Crippen molar-refractivity contribution in [3.63, 3.8) is 0 Å². The Morgan fingerprint density at radius 2 is 1.69 bits per heavy atom. The number of nitrogens with zero attached hydrogens (tertiary/aromatic N) is 3. The number of nitrogens with one attached hydrogen (secondary N) is 2. The fourth-order valence-corrected chi connectivity index (χ4v) is 3.44. The van der Waals surface area contributed by atoms with Crippen LogP contribution in [0.25, 0.3) is 0 Å². The molecule has 4 rings (SSSR count). The van der Waals surface area contributed by atoms with E-state index in [2.05, 4.69) is 44.3 Å².